The number of halogens is 1. The van der Waals surface area contributed by atoms with Gasteiger partial charge in [0.1, 0.15) is 0 Å². The Balaban J connectivity index is 1.26. The molecule has 2 aliphatic rings. The molecule has 1 saturated carbocycles. The van der Waals surface area contributed by atoms with Crippen LogP contribution in [0, 0.1) is 0 Å². The third kappa shape index (κ3) is 3.10. The van der Waals surface area contributed by atoms with Gasteiger partial charge in [0.2, 0.25) is 11.0 Å². The second-order valence-corrected chi connectivity index (χ2v) is 8.26. The van der Waals surface area contributed by atoms with Gasteiger partial charge in [-0.15, -0.1) is 10.2 Å². The summed E-state index contributed by atoms with van der Waals surface area (Å²) in [5, 5.41) is 15.4. The van der Waals surface area contributed by atoms with E-state index in [0.717, 1.165) is 53.3 Å². The van der Waals surface area contributed by atoms with Crippen molar-refractivity contribution >= 4 is 28.1 Å². The van der Waals surface area contributed by atoms with Crippen molar-refractivity contribution < 1.29 is 4.52 Å². The Morgan fingerprint density at radius 1 is 1.04 bits per heavy atom. The van der Waals surface area contributed by atoms with Gasteiger partial charge in [-0.1, -0.05) is 46.3 Å². The first-order valence-corrected chi connectivity index (χ1v) is 10.1. The van der Waals surface area contributed by atoms with E-state index >= 15 is 0 Å². The van der Waals surface area contributed by atoms with E-state index in [0.29, 0.717) is 16.9 Å². The van der Waals surface area contributed by atoms with Gasteiger partial charge in [0, 0.05) is 30.5 Å². The molecule has 0 atom stereocenters. The lowest BCUT2D eigenvalue weighted by atomic mass is 9.96. The average Bonchev–Trinajstić information content (AvgIpc) is 3.20. The van der Waals surface area contributed by atoms with Crippen molar-refractivity contribution in [2.75, 3.05) is 18.0 Å². The Kier molecular flexibility index (Phi) is 4.13. The standard InChI is InChI=1S/C18H18ClN5OS/c19-14-4-2-1-3-13(14)17-21-22-18(26-17)24-9-7-11(8-10-24)15-20-16(25-23-15)12-5-6-12/h1-4,11-12H,5-10H2. The first-order valence-electron chi connectivity index (χ1n) is 8.95. The summed E-state index contributed by atoms with van der Waals surface area (Å²) in [6.07, 6.45) is 4.38. The molecule has 134 valence electrons. The summed E-state index contributed by atoms with van der Waals surface area (Å²) in [6.45, 7) is 1.85. The molecule has 0 radical (unpaired) electrons. The van der Waals surface area contributed by atoms with E-state index in [1.54, 1.807) is 11.3 Å². The van der Waals surface area contributed by atoms with Gasteiger partial charge in [-0.3, -0.25) is 0 Å². The average molecular weight is 388 g/mol. The van der Waals surface area contributed by atoms with Gasteiger partial charge in [-0.2, -0.15) is 4.98 Å². The molecule has 1 aliphatic carbocycles. The molecule has 26 heavy (non-hydrogen) atoms. The van der Waals surface area contributed by atoms with E-state index in [2.05, 4.69) is 25.2 Å². The summed E-state index contributed by atoms with van der Waals surface area (Å²) in [5.74, 6) is 2.59. The van der Waals surface area contributed by atoms with Crippen LogP contribution >= 0.6 is 22.9 Å². The van der Waals surface area contributed by atoms with E-state index in [1.807, 2.05) is 24.3 Å². The smallest absolute Gasteiger partial charge is 0.229 e. The molecule has 2 fully saturated rings. The van der Waals surface area contributed by atoms with Crippen molar-refractivity contribution in [2.24, 2.45) is 0 Å². The van der Waals surface area contributed by atoms with Gasteiger partial charge >= 0.3 is 0 Å². The van der Waals surface area contributed by atoms with Crippen LogP contribution in [0.2, 0.25) is 5.02 Å². The lowest BCUT2D eigenvalue weighted by Crippen LogP contribution is -2.33. The van der Waals surface area contributed by atoms with Crippen molar-refractivity contribution in [3.63, 3.8) is 0 Å². The van der Waals surface area contributed by atoms with E-state index in [9.17, 15) is 0 Å². The van der Waals surface area contributed by atoms with Gasteiger partial charge in [0.25, 0.3) is 0 Å². The van der Waals surface area contributed by atoms with Crippen LogP contribution in [0.5, 0.6) is 0 Å². The Morgan fingerprint density at radius 2 is 1.85 bits per heavy atom. The number of rotatable bonds is 4. The molecule has 0 amide bonds. The highest BCUT2D eigenvalue weighted by Gasteiger charge is 2.32. The minimum absolute atomic E-state index is 0.374. The topological polar surface area (TPSA) is 67.9 Å². The van der Waals surface area contributed by atoms with Crippen molar-refractivity contribution in [2.45, 2.75) is 37.5 Å². The number of hydrogen-bond acceptors (Lipinski definition) is 7. The van der Waals surface area contributed by atoms with E-state index < -0.39 is 0 Å². The Morgan fingerprint density at radius 3 is 2.62 bits per heavy atom. The number of hydrogen-bond donors (Lipinski definition) is 0. The van der Waals surface area contributed by atoms with Crippen molar-refractivity contribution in [3.05, 3.63) is 41.0 Å². The van der Waals surface area contributed by atoms with Crippen LogP contribution in [0.4, 0.5) is 5.13 Å². The predicted octanol–water partition coefficient (Wildman–Crippen LogP) is 4.50. The van der Waals surface area contributed by atoms with E-state index in [1.165, 1.54) is 12.8 Å². The van der Waals surface area contributed by atoms with Crippen LogP contribution in [0.1, 0.15) is 49.2 Å². The van der Waals surface area contributed by atoms with Crippen molar-refractivity contribution in [1.82, 2.24) is 20.3 Å². The van der Waals surface area contributed by atoms with Crippen LogP contribution in [0.15, 0.2) is 28.8 Å². The third-order valence-corrected chi connectivity index (χ3v) is 6.38. The molecule has 0 unspecified atom stereocenters. The second-order valence-electron chi connectivity index (χ2n) is 6.90. The summed E-state index contributed by atoms with van der Waals surface area (Å²) >= 11 is 7.86. The summed E-state index contributed by atoms with van der Waals surface area (Å²) in [6, 6.07) is 7.75. The summed E-state index contributed by atoms with van der Waals surface area (Å²) in [5.41, 5.74) is 0.937. The maximum absolute atomic E-state index is 6.27. The van der Waals surface area contributed by atoms with Crippen LogP contribution in [0.3, 0.4) is 0 Å². The third-order valence-electron chi connectivity index (χ3n) is 5.03. The fourth-order valence-corrected chi connectivity index (χ4v) is 4.54. The number of nitrogens with zero attached hydrogens (tertiary/aromatic N) is 5. The molecule has 0 spiro atoms. The highest BCUT2D eigenvalue weighted by Crippen LogP contribution is 2.40. The summed E-state index contributed by atoms with van der Waals surface area (Å²) in [4.78, 5) is 6.90. The maximum atomic E-state index is 6.27. The molecule has 3 heterocycles. The van der Waals surface area contributed by atoms with Gasteiger partial charge in [-0.25, -0.2) is 0 Å². The highest BCUT2D eigenvalue weighted by molar-refractivity contribution is 7.18. The van der Waals surface area contributed by atoms with Crippen LogP contribution < -0.4 is 4.90 Å². The van der Waals surface area contributed by atoms with Crippen LogP contribution in [0.25, 0.3) is 10.6 Å². The fourth-order valence-electron chi connectivity index (χ4n) is 3.32. The quantitative estimate of drug-likeness (QED) is 0.656. The molecule has 3 aromatic rings. The van der Waals surface area contributed by atoms with E-state index in [4.69, 9.17) is 16.1 Å². The zero-order valence-corrected chi connectivity index (χ0v) is 15.7. The normalized spacial score (nSPS) is 18.4. The zero-order chi connectivity index (χ0) is 17.5. The van der Waals surface area contributed by atoms with Crippen molar-refractivity contribution in [1.29, 1.82) is 0 Å². The molecule has 0 bridgehead atoms. The zero-order valence-electron chi connectivity index (χ0n) is 14.1. The summed E-state index contributed by atoms with van der Waals surface area (Å²) < 4.78 is 5.41. The van der Waals surface area contributed by atoms with Gasteiger partial charge in [0.05, 0.1) is 5.02 Å². The van der Waals surface area contributed by atoms with Crippen molar-refractivity contribution in [3.8, 4) is 10.6 Å². The van der Waals surface area contributed by atoms with Crippen LogP contribution in [-0.4, -0.2) is 33.4 Å². The maximum Gasteiger partial charge on any atom is 0.229 e. The second kappa shape index (κ2) is 6.63. The fraction of sp³-hybridized carbons (Fsp3) is 0.444. The molecule has 2 aromatic heterocycles. The molecule has 6 nitrogen and oxygen atoms in total. The van der Waals surface area contributed by atoms with Gasteiger partial charge < -0.3 is 9.42 Å². The van der Waals surface area contributed by atoms with Crippen LogP contribution in [-0.2, 0) is 0 Å². The Hall–Kier alpha value is -1.99. The molecule has 1 aromatic carbocycles. The lowest BCUT2D eigenvalue weighted by Gasteiger charge is -2.29. The minimum Gasteiger partial charge on any atom is -0.347 e. The van der Waals surface area contributed by atoms with Gasteiger partial charge in [-0.05, 0) is 31.7 Å². The lowest BCUT2D eigenvalue weighted by molar-refractivity contribution is 0.365. The largest absolute Gasteiger partial charge is 0.347 e. The number of piperidine rings is 1. The molecular formula is C18H18ClN5OS. The SMILES string of the molecule is Clc1ccccc1-c1nnc(N2CCC(c3noc(C4CC4)n3)CC2)s1. The molecule has 8 heteroatoms. The minimum atomic E-state index is 0.374. The predicted molar refractivity (Wildman–Crippen MR) is 101 cm³/mol. The molecular weight excluding hydrogens is 370 g/mol. The highest BCUT2D eigenvalue weighted by atomic mass is 35.5. The molecule has 0 N–H and O–H groups in total. The number of benzene rings is 1. The molecule has 1 saturated heterocycles. The van der Waals surface area contributed by atoms with E-state index in [-0.39, 0.29) is 0 Å². The number of anilines is 1. The first kappa shape index (κ1) is 16.2. The number of aromatic nitrogens is 4. The van der Waals surface area contributed by atoms with Gasteiger partial charge in [0.15, 0.2) is 10.8 Å². The summed E-state index contributed by atoms with van der Waals surface area (Å²) in [7, 11) is 0. The Labute approximate surface area is 160 Å². The first-order chi connectivity index (χ1) is 12.8. The monoisotopic (exact) mass is 387 g/mol. The Bertz CT molecular complexity index is 914. The molecule has 5 rings (SSSR count). The molecule has 1 aliphatic heterocycles.